The molecule has 0 aliphatic rings. The Morgan fingerprint density at radius 3 is 2.54 bits per heavy atom. The summed E-state index contributed by atoms with van der Waals surface area (Å²) >= 11 is 0. The number of benzene rings is 2. The van der Waals surface area contributed by atoms with Gasteiger partial charge in [0, 0.05) is 30.3 Å². The molecule has 2 N–H and O–H groups in total. The first-order valence-corrected chi connectivity index (χ1v) is 8.27. The van der Waals surface area contributed by atoms with Gasteiger partial charge in [0.15, 0.2) is 5.76 Å². The first kappa shape index (κ1) is 19.0. The number of hydrogen-bond donors (Lipinski definition) is 1. The fourth-order valence-corrected chi connectivity index (χ4v) is 2.91. The first-order chi connectivity index (χ1) is 13.3. The van der Waals surface area contributed by atoms with E-state index in [4.69, 9.17) is 10.7 Å². The third-order valence-corrected chi connectivity index (χ3v) is 4.38. The molecule has 1 aromatic heterocycles. The lowest BCUT2D eigenvalue weighted by Crippen LogP contribution is -2.23. The van der Waals surface area contributed by atoms with Crippen molar-refractivity contribution in [1.29, 1.82) is 0 Å². The summed E-state index contributed by atoms with van der Waals surface area (Å²) in [5.41, 5.74) is 2.40. The van der Waals surface area contributed by atoms with E-state index in [1.807, 2.05) is 13.0 Å². The van der Waals surface area contributed by atoms with Crippen molar-refractivity contribution >= 4 is 17.0 Å². The predicted molar refractivity (Wildman–Crippen MR) is 102 cm³/mol. The van der Waals surface area contributed by atoms with E-state index < -0.39 is 10.6 Å². The molecule has 10 nitrogen and oxygen atoms in total. The van der Waals surface area contributed by atoms with Gasteiger partial charge in [-0.25, -0.2) is 4.79 Å². The third-order valence-electron chi connectivity index (χ3n) is 4.38. The van der Waals surface area contributed by atoms with Gasteiger partial charge in [-0.1, -0.05) is 24.3 Å². The van der Waals surface area contributed by atoms with Crippen LogP contribution in [0.5, 0.6) is 0 Å². The number of non-ortho nitro benzene ring substituents is 1. The van der Waals surface area contributed by atoms with Crippen LogP contribution in [0.15, 0.2) is 47.3 Å². The highest BCUT2D eigenvalue weighted by molar-refractivity contribution is 5.90. The Morgan fingerprint density at radius 1 is 1.21 bits per heavy atom. The van der Waals surface area contributed by atoms with Gasteiger partial charge in [0.05, 0.1) is 10.6 Å². The number of tetrazole rings is 1. The van der Waals surface area contributed by atoms with Crippen molar-refractivity contribution in [2.75, 3.05) is 0 Å². The van der Waals surface area contributed by atoms with Crippen LogP contribution >= 0.6 is 0 Å². The van der Waals surface area contributed by atoms with Gasteiger partial charge in [-0.15, -0.1) is 0 Å². The van der Waals surface area contributed by atoms with Crippen LogP contribution in [0, 0.1) is 17.0 Å². The molecule has 3 aromatic rings. The molecular formula is C18H18N6O4. The van der Waals surface area contributed by atoms with Gasteiger partial charge in [0.1, 0.15) is 0 Å². The molecule has 0 amide bonds. The van der Waals surface area contributed by atoms with Crippen molar-refractivity contribution in [3.63, 3.8) is 0 Å². The highest BCUT2D eigenvalue weighted by Gasteiger charge is 2.20. The van der Waals surface area contributed by atoms with E-state index in [1.54, 1.807) is 31.2 Å². The maximum atomic E-state index is 12.3. The van der Waals surface area contributed by atoms with E-state index in [9.17, 15) is 14.9 Å². The number of nitro benzene ring substituents is 1. The van der Waals surface area contributed by atoms with Crippen molar-refractivity contribution in [2.24, 2.45) is 12.9 Å². The van der Waals surface area contributed by atoms with E-state index in [1.165, 1.54) is 19.2 Å². The third kappa shape index (κ3) is 3.28. The van der Waals surface area contributed by atoms with Gasteiger partial charge in [-0.2, -0.15) is 15.3 Å². The maximum Gasteiger partial charge on any atom is 0.368 e. The van der Waals surface area contributed by atoms with Crippen LogP contribution < -0.4 is 11.6 Å². The van der Waals surface area contributed by atoms with Crippen LogP contribution in [0.2, 0.25) is 0 Å². The molecule has 2 aromatic carbocycles. The standard InChI is InChI=1S/C18H18N6O4/c1-11-6-4-9-15(23-18(25)22(3)20-21-23)16(11)17(28-19)12(2)13-7-5-8-14(10-13)24(26)27/h4-10H,19H2,1-3H3/b17-12+. The normalized spacial score (nSPS) is 11.9. The van der Waals surface area contributed by atoms with Crippen molar-refractivity contribution in [3.8, 4) is 5.69 Å². The monoisotopic (exact) mass is 382 g/mol. The zero-order valence-electron chi connectivity index (χ0n) is 15.5. The summed E-state index contributed by atoms with van der Waals surface area (Å²) in [7, 11) is 1.49. The minimum atomic E-state index is -0.474. The Balaban J connectivity index is 2.27. The molecule has 144 valence electrons. The summed E-state index contributed by atoms with van der Waals surface area (Å²) in [4.78, 5) is 28.1. The molecule has 0 atom stereocenters. The number of nitrogens with two attached hydrogens (primary N) is 1. The molecule has 0 fully saturated rings. The quantitative estimate of drug-likeness (QED) is 0.309. The molecule has 0 unspecified atom stereocenters. The summed E-state index contributed by atoms with van der Waals surface area (Å²) in [6.45, 7) is 3.57. The van der Waals surface area contributed by atoms with Crippen molar-refractivity contribution in [3.05, 3.63) is 79.8 Å². The lowest BCUT2D eigenvalue weighted by atomic mass is 9.97. The van der Waals surface area contributed by atoms with Crippen LogP contribution in [-0.2, 0) is 11.9 Å². The molecule has 0 saturated carbocycles. The van der Waals surface area contributed by atoms with Gasteiger partial charge in [0.25, 0.3) is 5.69 Å². The summed E-state index contributed by atoms with van der Waals surface area (Å²) in [5.74, 6) is 5.85. The second kappa shape index (κ2) is 7.45. The molecule has 0 spiro atoms. The van der Waals surface area contributed by atoms with E-state index in [2.05, 4.69) is 10.4 Å². The number of nitro groups is 1. The SMILES string of the molecule is C/C(=C(\ON)c1c(C)cccc1-n1nnn(C)c1=O)c1cccc([N+](=O)[O-])c1. The van der Waals surface area contributed by atoms with Gasteiger partial charge in [-0.05, 0) is 41.5 Å². The van der Waals surface area contributed by atoms with Gasteiger partial charge < -0.3 is 4.84 Å². The molecular weight excluding hydrogens is 364 g/mol. The molecule has 0 radical (unpaired) electrons. The van der Waals surface area contributed by atoms with Crippen molar-refractivity contribution in [2.45, 2.75) is 13.8 Å². The molecule has 3 rings (SSSR count). The van der Waals surface area contributed by atoms with Crippen LogP contribution in [-0.4, -0.2) is 24.7 Å². The van der Waals surface area contributed by atoms with E-state index in [0.717, 1.165) is 14.9 Å². The summed E-state index contributed by atoms with van der Waals surface area (Å²) in [5, 5.41) is 18.7. The molecule has 10 heteroatoms. The summed E-state index contributed by atoms with van der Waals surface area (Å²) < 4.78 is 2.24. The smallest absolute Gasteiger partial charge is 0.368 e. The minimum absolute atomic E-state index is 0.0524. The average molecular weight is 382 g/mol. The maximum absolute atomic E-state index is 12.3. The summed E-state index contributed by atoms with van der Waals surface area (Å²) in [6, 6.07) is 11.4. The predicted octanol–water partition coefficient (Wildman–Crippen LogP) is 1.96. The molecule has 1 heterocycles. The fraction of sp³-hybridized carbons (Fsp3) is 0.167. The Hall–Kier alpha value is -3.79. The number of hydrogen-bond acceptors (Lipinski definition) is 7. The molecule has 0 bridgehead atoms. The zero-order valence-corrected chi connectivity index (χ0v) is 15.5. The topological polar surface area (TPSA) is 131 Å². The molecule has 0 aliphatic carbocycles. The highest BCUT2D eigenvalue weighted by Crippen LogP contribution is 2.32. The summed E-state index contributed by atoms with van der Waals surface area (Å²) in [6.07, 6.45) is 0. The van der Waals surface area contributed by atoms with E-state index in [-0.39, 0.29) is 11.4 Å². The largest absolute Gasteiger partial charge is 0.410 e. The van der Waals surface area contributed by atoms with Crippen LogP contribution in [0.3, 0.4) is 0 Å². The van der Waals surface area contributed by atoms with E-state index >= 15 is 0 Å². The van der Waals surface area contributed by atoms with Crippen LogP contribution in [0.4, 0.5) is 5.69 Å². The Labute approximate surface area is 159 Å². The minimum Gasteiger partial charge on any atom is -0.410 e. The van der Waals surface area contributed by atoms with Crippen molar-refractivity contribution < 1.29 is 9.76 Å². The Kier molecular flexibility index (Phi) is 5.05. The fourth-order valence-electron chi connectivity index (χ4n) is 2.91. The lowest BCUT2D eigenvalue weighted by molar-refractivity contribution is -0.384. The second-order valence-corrected chi connectivity index (χ2v) is 6.15. The first-order valence-electron chi connectivity index (χ1n) is 8.27. The Morgan fingerprint density at radius 2 is 1.93 bits per heavy atom. The van der Waals surface area contributed by atoms with Gasteiger partial charge in [-0.3, -0.25) is 10.1 Å². The second-order valence-electron chi connectivity index (χ2n) is 6.15. The lowest BCUT2D eigenvalue weighted by Gasteiger charge is -2.16. The number of aryl methyl sites for hydroxylation is 2. The van der Waals surface area contributed by atoms with Crippen LogP contribution in [0.25, 0.3) is 17.0 Å². The Bertz CT molecular complexity index is 1140. The number of rotatable bonds is 5. The van der Waals surface area contributed by atoms with Crippen LogP contribution in [0.1, 0.15) is 23.6 Å². The molecule has 28 heavy (non-hydrogen) atoms. The van der Waals surface area contributed by atoms with Gasteiger partial charge in [0.2, 0.25) is 0 Å². The highest BCUT2D eigenvalue weighted by atomic mass is 16.6. The number of aromatic nitrogens is 4. The molecule has 0 saturated heterocycles. The number of allylic oxidation sites excluding steroid dienone is 1. The van der Waals surface area contributed by atoms with Crippen molar-refractivity contribution in [1.82, 2.24) is 19.8 Å². The van der Waals surface area contributed by atoms with Gasteiger partial charge >= 0.3 is 5.69 Å². The molecule has 0 aliphatic heterocycles. The van der Waals surface area contributed by atoms with E-state index in [0.29, 0.717) is 22.4 Å². The number of nitrogens with zero attached hydrogens (tertiary/aromatic N) is 5. The zero-order chi connectivity index (χ0) is 20.4. The average Bonchev–Trinajstić information content (AvgIpc) is 3.02.